The molecule has 0 atom stereocenters. The molecule has 0 saturated carbocycles. The minimum atomic E-state index is -0.975. The Hall–Kier alpha value is -1.63. The quantitative estimate of drug-likeness (QED) is 0.0340. The van der Waals surface area contributed by atoms with Crippen molar-refractivity contribution in [2.24, 2.45) is 5.41 Å². The second kappa shape index (κ2) is 109. The second-order valence-electron chi connectivity index (χ2n) is 40.7. The van der Waals surface area contributed by atoms with E-state index in [1.165, 1.54) is 571 Å². The number of carbonyl (C=O) groups excluding carboxylic acids is 3. The zero-order chi connectivity index (χ0) is 88.4. The van der Waals surface area contributed by atoms with Crippen LogP contribution >= 0.6 is 0 Å². The topological polar surface area (TPSA) is 88.1 Å². The van der Waals surface area contributed by atoms with Gasteiger partial charge in [-0.05, 0) is 25.7 Å². The second-order valence-corrected chi connectivity index (χ2v) is 40.7. The van der Waals surface area contributed by atoms with E-state index in [2.05, 4.69) is 27.7 Å². The van der Waals surface area contributed by atoms with Gasteiger partial charge in [-0.2, -0.15) is 0 Å². The Bertz CT molecular complexity index is 1780. The first-order chi connectivity index (χ1) is 60.9. The van der Waals surface area contributed by atoms with Gasteiger partial charge in [0.15, 0.2) is 0 Å². The molecule has 7 nitrogen and oxygen atoms in total. The molecule has 734 valence electrons. The summed E-state index contributed by atoms with van der Waals surface area (Å²) in [4.78, 5) is 41.0. The number of esters is 3. The van der Waals surface area contributed by atoms with E-state index >= 15 is 0 Å². The molecule has 0 unspecified atom stereocenters. The summed E-state index contributed by atoms with van der Waals surface area (Å²) < 4.78 is 25.0. The Morgan fingerprint density at radius 3 is 0.366 bits per heavy atom. The number of carbonyl (C=O) groups is 3. The largest absolute Gasteiger partial charge is 0.465 e. The van der Waals surface area contributed by atoms with Crippen LogP contribution in [0.1, 0.15) is 689 Å². The van der Waals surface area contributed by atoms with E-state index in [1.54, 1.807) is 0 Å². The van der Waals surface area contributed by atoms with Gasteiger partial charge in [0.1, 0.15) is 19.8 Å². The minimum absolute atomic E-state index is 0.00429. The average molecular weight is 1740 g/mol. The Morgan fingerprint density at radius 2 is 0.244 bits per heavy atom. The Kier molecular flexibility index (Phi) is 108. The van der Waals surface area contributed by atoms with Crippen LogP contribution in [0.3, 0.4) is 0 Å². The van der Waals surface area contributed by atoms with Crippen molar-refractivity contribution in [2.75, 3.05) is 33.0 Å². The SMILES string of the molecule is CCCCCCCCCCCCCCCCCCCCCCCCCCCOCC(COC(=O)CCCCCCCCCCCCCCCCCCCCCCCCCCC)(COC(=O)CCCCCCCCCCCCCCCCCCCCCCCCCCC)COC(=O)CCCCCCCCCCCCCCCCCCCCCCCCCCC. The van der Waals surface area contributed by atoms with Crippen molar-refractivity contribution in [3.05, 3.63) is 0 Å². The standard InChI is InChI=1S/C116H228O7/c1-5-9-13-17-21-25-29-33-37-41-45-49-53-57-61-65-69-73-77-81-85-89-93-97-101-105-113(117)121-110-116(109-120-108-104-100-96-92-88-84-80-76-72-68-64-60-56-52-48-44-40-36-32-28-24-20-16-12-8-4,111-122-114(118)106-102-98-94-90-86-82-78-74-70-66-62-58-54-50-46-42-38-34-30-26-22-18-14-10-6-2)112-123-115(119)107-103-99-95-91-87-83-79-75-71-67-63-59-55-51-47-43-39-35-31-27-23-19-15-11-7-3/h5-112H2,1-4H3. The molecule has 123 heavy (non-hydrogen) atoms. The van der Waals surface area contributed by atoms with Gasteiger partial charge in [-0.3, -0.25) is 14.4 Å². The highest BCUT2D eigenvalue weighted by Gasteiger charge is 2.37. The molecular weight excluding hydrogens is 1510 g/mol. The van der Waals surface area contributed by atoms with Gasteiger partial charge >= 0.3 is 17.9 Å². The van der Waals surface area contributed by atoms with E-state index in [4.69, 9.17) is 18.9 Å². The van der Waals surface area contributed by atoms with Gasteiger partial charge in [0.05, 0.1) is 12.0 Å². The van der Waals surface area contributed by atoms with Crippen molar-refractivity contribution < 1.29 is 33.3 Å². The maximum absolute atomic E-state index is 13.7. The van der Waals surface area contributed by atoms with Crippen LogP contribution in [0.15, 0.2) is 0 Å². The van der Waals surface area contributed by atoms with Gasteiger partial charge in [0, 0.05) is 25.9 Å². The third kappa shape index (κ3) is 104. The monoisotopic (exact) mass is 1730 g/mol. The Balaban J connectivity index is 5.26. The Morgan fingerprint density at radius 1 is 0.138 bits per heavy atom. The Labute approximate surface area is 774 Å². The lowest BCUT2D eigenvalue weighted by molar-refractivity contribution is -0.167. The van der Waals surface area contributed by atoms with Gasteiger partial charge in [0.25, 0.3) is 0 Å². The van der Waals surface area contributed by atoms with Crippen molar-refractivity contribution in [1.82, 2.24) is 0 Å². The fourth-order valence-corrected chi connectivity index (χ4v) is 19.0. The first kappa shape index (κ1) is 121. The molecule has 0 amide bonds. The first-order valence-electron chi connectivity index (χ1n) is 58.0. The summed E-state index contributed by atoms with van der Waals surface area (Å²) in [6, 6.07) is 0. The lowest BCUT2D eigenvalue weighted by Crippen LogP contribution is -2.43. The van der Waals surface area contributed by atoms with Crippen LogP contribution < -0.4 is 0 Å². The summed E-state index contributed by atoms with van der Waals surface area (Å²) in [5.74, 6) is -0.675. The molecule has 0 spiro atoms. The van der Waals surface area contributed by atoms with Crippen LogP contribution in [0.2, 0.25) is 0 Å². The molecule has 0 aromatic rings. The molecule has 7 heteroatoms. The van der Waals surface area contributed by atoms with E-state index in [1.807, 2.05) is 0 Å². The summed E-state index contributed by atoms with van der Waals surface area (Å²) in [7, 11) is 0. The van der Waals surface area contributed by atoms with Crippen molar-refractivity contribution >= 4 is 17.9 Å². The van der Waals surface area contributed by atoms with Crippen molar-refractivity contribution in [2.45, 2.75) is 689 Å². The van der Waals surface area contributed by atoms with E-state index < -0.39 is 5.41 Å². The van der Waals surface area contributed by atoms with Gasteiger partial charge in [0.2, 0.25) is 0 Å². The first-order valence-corrected chi connectivity index (χ1v) is 58.0. The van der Waals surface area contributed by atoms with Crippen molar-refractivity contribution in [3.63, 3.8) is 0 Å². The van der Waals surface area contributed by atoms with Crippen LogP contribution in [0.5, 0.6) is 0 Å². The van der Waals surface area contributed by atoms with E-state index in [-0.39, 0.29) is 44.3 Å². The minimum Gasteiger partial charge on any atom is -0.465 e. The number of hydrogen-bond acceptors (Lipinski definition) is 7. The molecule has 0 radical (unpaired) electrons. The lowest BCUT2D eigenvalue weighted by atomic mass is 9.92. The molecule has 0 N–H and O–H groups in total. The molecule has 0 aromatic heterocycles. The number of rotatable bonds is 112. The fourth-order valence-electron chi connectivity index (χ4n) is 19.0. The molecule has 0 aliphatic rings. The zero-order valence-electron chi connectivity index (χ0n) is 85.2. The highest BCUT2D eigenvalue weighted by Crippen LogP contribution is 2.27. The van der Waals surface area contributed by atoms with E-state index in [9.17, 15) is 14.4 Å². The fraction of sp³-hybridized carbons (Fsp3) is 0.974. The molecule has 0 aliphatic heterocycles. The summed E-state index contributed by atoms with van der Waals surface area (Å²) in [5, 5.41) is 0. The maximum Gasteiger partial charge on any atom is 0.305 e. The predicted octanol–water partition coefficient (Wildman–Crippen LogP) is 40.9. The third-order valence-electron chi connectivity index (χ3n) is 27.9. The van der Waals surface area contributed by atoms with Crippen LogP contribution in [0.4, 0.5) is 0 Å². The third-order valence-corrected chi connectivity index (χ3v) is 27.9. The van der Waals surface area contributed by atoms with Crippen molar-refractivity contribution in [1.29, 1.82) is 0 Å². The maximum atomic E-state index is 13.7. The van der Waals surface area contributed by atoms with E-state index in [0.29, 0.717) is 25.9 Å². The van der Waals surface area contributed by atoms with Gasteiger partial charge in [-0.15, -0.1) is 0 Å². The highest BCUT2D eigenvalue weighted by molar-refractivity contribution is 5.70. The van der Waals surface area contributed by atoms with Gasteiger partial charge < -0.3 is 18.9 Å². The molecule has 0 aromatic carbocycles. The lowest BCUT2D eigenvalue weighted by Gasteiger charge is -2.32. The highest BCUT2D eigenvalue weighted by atomic mass is 16.6. The zero-order valence-corrected chi connectivity index (χ0v) is 85.2. The van der Waals surface area contributed by atoms with Crippen LogP contribution in [0.25, 0.3) is 0 Å². The number of hydrogen-bond donors (Lipinski definition) is 0. The van der Waals surface area contributed by atoms with Crippen LogP contribution in [-0.4, -0.2) is 50.9 Å². The molecule has 0 aliphatic carbocycles. The van der Waals surface area contributed by atoms with Gasteiger partial charge in [-0.1, -0.05) is 644 Å². The summed E-state index contributed by atoms with van der Waals surface area (Å²) in [6.07, 6.45) is 137. The molecule has 0 saturated heterocycles. The molecule has 0 fully saturated rings. The van der Waals surface area contributed by atoms with Crippen molar-refractivity contribution in [3.8, 4) is 0 Å². The summed E-state index contributed by atoms with van der Waals surface area (Å²) in [5.41, 5.74) is -0.975. The molecular formula is C116H228O7. The number of unbranched alkanes of at least 4 members (excludes halogenated alkanes) is 96. The summed E-state index contributed by atoms with van der Waals surface area (Å²) in [6.45, 7) is 10.0. The normalized spacial score (nSPS) is 11.8. The molecule has 0 heterocycles. The predicted molar refractivity (Wildman–Crippen MR) is 544 cm³/mol. The average Bonchev–Trinajstić information content (AvgIpc) is 0.855. The summed E-state index contributed by atoms with van der Waals surface area (Å²) >= 11 is 0. The van der Waals surface area contributed by atoms with Crippen LogP contribution in [-0.2, 0) is 33.3 Å². The molecule has 0 rings (SSSR count). The number of ether oxygens (including phenoxy) is 4. The van der Waals surface area contributed by atoms with Crippen LogP contribution in [0, 0.1) is 5.41 Å². The van der Waals surface area contributed by atoms with Gasteiger partial charge in [-0.25, -0.2) is 0 Å². The molecule has 0 bridgehead atoms. The smallest absolute Gasteiger partial charge is 0.305 e. The van der Waals surface area contributed by atoms with E-state index in [0.717, 1.165) is 70.6 Å².